The maximum absolute atomic E-state index is 3.55. The number of nitrogens with one attached hydrogen (secondary N) is 1. The molecular weight excluding hydrogens is 196 g/mol. The Morgan fingerprint density at radius 3 is 2.75 bits per heavy atom. The Bertz CT molecular complexity index is 329. The van der Waals surface area contributed by atoms with E-state index in [1.165, 1.54) is 24.8 Å². The molecule has 0 saturated heterocycles. The summed E-state index contributed by atoms with van der Waals surface area (Å²) in [5, 5.41) is 3.55. The second kappa shape index (κ2) is 4.62. The summed E-state index contributed by atoms with van der Waals surface area (Å²) in [4.78, 5) is 0. The molecule has 0 spiro atoms. The second-order valence-corrected chi connectivity index (χ2v) is 6.22. The average Bonchev–Trinajstić information content (AvgIpc) is 2.91. The highest BCUT2D eigenvalue weighted by molar-refractivity contribution is 5.10. The molecule has 1 aliphatic carbocycles. The molecule has 0 aliphatic heterocycles. The van der Waals surface area contributed by atoms with Gasteiger partial charge in [0.2, 0.25) is 0 Å². The zero-order valence-corrected chi connectivity index (χ0v) is 10.8. The van der Waals surface area contributed by atoms with Gasteiger partial charge in [-0.1, -0.05) is 20.8 Å². The molecule has 16 heavy (non-hydrogen) atoms. The molecule has 1 saturated carbocycles. The van der Waals surface area contributed by atoms with Crippen LogP contribution in [0.2, 0.25) is 0 Å². The molecule has 1 fully saturated rings. The third-order valence-corrected chi connectivity index (χ3v) is 3.10. The van der Waals surface area contributed by atoms with Gasteiger partial charge in [-0.25, -0.2) is 0 Å². The first kappa shape index (κ1) is 11.7. The summed E-state index contributed by atoms with van der Waals surface area (Å²) in [6.45, 7) is 9.06. The molecule has 0 aromatic carbocycles. The Morgan fingerprint density at radius 1 is 1.38 bits per heavy atom. The van der Waals surface area contributed by atoms with Crippen LogP contribution in [0.1, 0.15) is 45.6 Å². The highest BCUT2D eigenvalue weighted by Gasteiger charge is 2.20. The first-order valence-corrected chi connectivity index (χ1v) is 6.41. The lowest BCUT2D eigenvalue weighted by Gasteiger charge is -2.18. The molecule has 0 bridgehead atoms. The van der Waals surface area contributed by atoms with Crippen molar-refractivity contribution in [2.45, 2.75) is 59.2 Å². The molecule has 90 valence electrons. The molecule has 1 heterocycles. The monoisotopic (exact) mass is 220 g/mol. The predicted molar refractivity (Wildman–Crippen MR) is 68.4 cm³/mol. The second-order valence-electron chi connectivity index (χ2n) is 6.22. The van der Waals surface area contributed by atoms with E-state index in [2.05, 4.69) is 49.1 Å². The van der Waals surface area contributed by atoms with Crippen LogP contribution in [-0.4, -0.2) is 10.6 Å². The lowest BCUT2D eigenvalue weighted by Crippen LogP contribution is -2.14. The maximum Gasteiger partial charge on any atom is 0.0224 e. The highest BCUT2D eigenvalue weighted by Crippen LogP contribution is 2.21. The van der Waals surface area contributed by atoms with Crippen LogP contribution in [0.5, 0.6) is 0 Å². The van der Waals surface area contributed by atoms with E-state index in [1.807, 2.05) is 0 Å². The quantitative estimate of drug-likeness (QED) is 0.806. The summed E-state index contributed by atoms with van der Waals surface area (Å²) in [6.07, 6.45) is 8.45. The van der Waals surface area contributed by atoms with Gasteiger partial charge in [0.15, 0.2) is 0 Å². The van der Waals surface area contributed by atoms with Crippen LogP contribution in [0.3, 0.4) is 0 Å². The first-order valence-electron chi connectivity index (χ1n) is 6.41. The zero-order chi connectivity index (χ0) is 11.6. The van der Waals surface area contributed by atoms with Gasteiger partial charge in [0, 0.05) is 31.5 Å². The van der Waals surface area contributed by atoms with E-state index in [-0.39, 0.29) is 0 Å². The Morgan fingerprint density at radius 2 is 2.12 bits per heavy atom. The van der Waals surface area contributed by atoms with Crippen molar-refractivity contribution in [1.82, 2.24) is 9.88 Å². The van der Waals surface area contributed by atoms with Crippen LogP contribution in [0.25, 0.3) is 0 Å². The van der Waals surface area contributed by atoms with E-state index in [1.54, 1.807) is 0 Å². The van der Waals surface area contributed by atoms with E-state index in [4.69, 9.17) is 0 Å². The molecule has 2 rings (SSSR count). The molecular formula is C14H24N2. The van der Waals surface area contributed by atoms with E-state index in [9.17, 15) is 0 Å². The predicted octanol–water partition coefficient (Wildman–Crippen LogP) is 3.18. The molecule has 1 aromatic heterocycles. The molecule has 0 amide bonds. The minimum Gasteiger partial charge on any atom is -0.354 e. The van der Waals surface area contributed by atoms with E-state index < -0.39 is 0 Å². The normalized spacial score (nSPS) is 16.7. The third-order valence-electron chi connectivity index (χ3n) is 3.10. The molecule has 2 heteroatoms. The van der Waals surface area contributed by atoms with Gasteiger partial charge < -0.3 is 9.88 Å². The number of aryl methyl sites for hydroxylation is 1. The van der Waals surface area contributed by atoms with E-state index in [0.717, 1.165) is 19.1 Å². The summed E-state index contributed by atoms with van der Waals surface area (Å²) < 4.78 is 2.31. The van der Waals surface area contributed by atoms with Crippen LogP contribution in [0.4, 0.5) is 0 Å². The minimum absolute atomic E-state index is 0.427. The largest absolute Gasteiger partial charge is 0.354 e. The fourth-order valence-corrected chi connectivity index (χ4v) is 1.75. The number of hydrogen-bond acceptors (Lipinski definition) is 1. The third kappa shape index (κ3) is 4.01. The fraction of sp³-hybridized carbons (Fsp3) is 0.714. The van der Waals surface area contributed by atoms with Crippen molar-refractivity contribution in [3.05, 3.63) is 24.0 Å². The fourth-order valence-electron chi connectivity index (χ4n) is 1.75. The number of rotatable bonds is 5. The molecule has 2 nitrogen and oxygen atoms in total. The lowest BCUT2D eigenvalue weighted by molar-refractivity contribution is 0.350. The van der Waals surface area contributed by atoms with Crippen LogP contribution in [-0.2, 0) is 13.1 Å². The van der Waals surface area contributed by atoms with Gasteiger partial charge in [0.1, 0.15) is 0 Å². The van der Waals surface area contributed by atoms with Crippen LogP contribution in [0.15, 0.2) is 18.5 Å². The molecule has 1 N–H and O–H groups in total. The minimum atomic E-state index is 0.427. The van der Waals surface area contributed by atoms with Crippen LogP contribution in [0, 0.1) is 5.41 Å². The van der Waals surface area contributed by atoms with Crippen LogP contribution >= 0.6 is 0 Å². The van der Waals surface area contributed by atoms with Crippen molar-refractivity contribution < 1.29 is 0 Å². The molecule has 0 unspecified atom stereocenters. The van der Waals surface area contributed by atoms with Crippen molar-refractivity contribution in [2.75, 3.05) is 0 Å². The highest BCUT2D eigenvalue weighted by atomic mass is 15.0. The van der Waals surface area contributed by atoms with Crippen molar-refractivity contribution in [1.29, 1.82) is 0 Å². The number of aromatic nitrogens is 1. The van der Waals surface area contributed by atoms with Crippen molar-refractivity contribution in [3.63, 3.8) is 0 Å². The Balaban J connectivity index is 1.77. The molecule has 1 aromatic rings. The topological polar surface area (TPSA) is 17.0 Å². The molecule has 0 radical (unpaired) electrons. The van der Waals surface area contributed by atoms with E-state index >= 15 is 0 Å². The Hall–Kier alpha value is -0.760. The first-order chi connectivity index (χ1) is 7.53. The van der Waals surface area contributed by atoms with Gasteiger partial charge in [0.25, 0.3) is 0 Å². The number of hydrogen-bond donors (Lipinski definition) is 1. The summed E-state index contributed by atoms with van der Waals surface area (Å²) in [5.74, 6) is 0. The Labute approximate surface area is 99.0 Å². The standard InChI is InChI=1S/C14H24N2/c1-14(2,3)7-9-16-8-6-12(11-16)10-15-13-4-5-13/h6,8,11,13,15H,4-5,7,9-10H2,1-3H3. The SMILES string of the molecule is CC(C)(C)CCn1ccc(CNC2CC2)c1. The maximum atomic E-state index is 3.55. The van der Waals surface area contributed by atoms with Crippen molar-refractivity contribution in [2.24, 2.45) is 5.41 Å². The molecule has 0 atom stereocenters. The Kier molecular flexibility index (Phi) is 3.38. The van der Waals surface area contributed by atoms with Gasteiger partial charge in [-0.3, -0.25) is 0 Å². The van der Waals surface area contributed by atoms with Gasteiger partial charge in [-0.2, -0.15) is 0 Å². The average molecular weight is 220 g/mol. The summed E-state index contributed by atoms with van der Waals surface area (Å²) in [5.41, 5.74) is 1.84. The van der Waals surface area contributed by atoms with Crippen molar-refractivity contribution >= 4 is 0 Å². The summed E-state index contributed by atoms with van der Waals surface area (Å²) in [6, 6.07) is 3.04. The van der Waals surface area contributed by atoms with E-state index in [0.29, 0.717) is 5.41 Å². The lowest BCUT2D eigenvalue weighted by atomic mass is 9.92. The summed E-state index contributed by atoms with van der Waals surface area (Å²) >= 11 is 0. The van der Waals surface area contributed by atoms with Gasteiger partial charge >= 0.3 is 0 Å². The van der Waals surface area contributed by atoms with Gasteiger partial charge in [-0.15, -0.1) is 0 Å². The number of nitrogens with zero attached hydrogens (tertiary/aromatic N) is 1. The zero-order valence-electron chi connectivity index (χ0n) is 10.8. The van der Waals surface area contributed by atoms with Crippen LogP contribution < -0.4 is 5.32 Å². The summed E-state index contributed by atoms with van der Waals surface area (Å²) in [7, 11) is 0. The van der Waals surface area contributed by atoms with Crippen molar-refractivity contribution in [3.8, 4) is 0 Å². The smallest absolute Gasteiger partial charge is 0.0224 e. The molecule has 1 aliphatic rings. The van der Waals surface area contributed by atoms with Gasteiger partial charge in [-0.05, 0) is 36.3 Å². The van der Waals surface area contributed by atoms with Gasteiger partial charge in [0.05, 0.1) is 0 Å².